The van der Waals surface area contributed by atoms with Gasteiger partial charge in [-0.25, -0.2) is 0 Å². The fourth-order valence-corrected chi connectivity index (χ4v) is 1.48. The number of anilines is 1. The van der Waals surface area contributed by atoms with E-state index in [1.54, 1.807) is 6.07 Å². The third-order valence-electron chi connectivity index (χ3n) is 2.19. The van der Waals surface area contributed by atoms with Gasteiger partial charge in [0.15, 0.2) is 0 Å². The van der Waals surface area contributed by atoms with Gasteiger partial charge >= 0.3 is 0 Å². The minimum Gasteiger partial charge on any atom is -0.379 e. The average Bonchev–Trinajstić information content (AvgIpc) is 2.16. The molecule has 0 saturated carbocycles. The predicted octanol–water partition coefficient (Wildman–Crippen LogP) is 3.71. The van der Waals surface area contributed by atoms with E-state index >= 15 is 0 Å². The first-order chi connectivity index (χ1) is 7.50. The first-order valence-corrected chi connectivity index (χ1v) is 5.56. The molecule has 0 aromatic heterocycles. The number of rotatable bonds is 5. The molecule has 0 radical (unpaired) electrons. The van der Waals surface area contributed by atoms with Crippen molar-refractivity contribution < 1.29 is 4.92 Å². The van der Waals surface area contributed by atoms with E-state index in [1.165, 1.54) is 12.1 Å². The molecule has 0 atom stereocenters. The lowest BCUT2D eigenvalue weighted by molar-refractivity contribution is -0.384. The smallest absolute Gasteiger partial charge is 0.292 e. The zero-order chi connectivity index (χ0) is 12.1. The second-order valence-electron chi connectivity index (χ2n) is 4.03. The summed E-state index contributed by atoms with van der Waals surface area (Å²) in [5, 5.41) is 14.3. The Kier molecular flexibility index (Phi) is 4.55. The van der Waals surface area contributed by atoms with Crippen molar-refractivity contribution in [3.8, 4) is 0 Å². The average molecular weight is 243 g/mol. The van der Waals surface area contributed by atoms with Gasteiger partial charge in [0.1, 0.15) is 5.69 Å². The molecule has 16 heavy (non-hydrogen) atoms. The van der Waals surface area contributed by atoms with Gasteiger partial charge in [-0.05, 0) is 24.5 Å². The topological polar surface area (TPSA) is 55.2 Å². The molecular weight excluding hydrogens is 228 g/mol. The number of nitrogens with one attached hydrogen (secondary N) is 1. The van der Waals surface area contributed by atoms with Gasteiger partial charge < -0.3 is 5.32 Å². The van der Waals surface area contributed by atoms with E-state index in [1.807, 2.05) is 0 Å². The molecule has 1 aromatic rings. The van der Waals surface area contributed by atoms with Crippen LogP contribution in [0.15, 0.2) is 18.2 Å². The predicted molar refractivity (Wildman–Crippen MR) is 66.1 cm³/mol. The van der Waals surface area contributed by atoms with Crippen LogP contribution in [-0.2, 0) is 0 Å². The van der Waals surface area contributed by atoms with Gasteiger partial charge in [0.05, 0.1) is 4.92 Å². The van der Waals surface area contributed by atoms with Crippen LogP contribution in [0.25, 0.3) is 0 Å². The fourth-order valence-electron chi connectivity index (χ4n) is 1.30. The summed E-state index contributed by atoms with van der Waals surface area (Å²) in [7, 11) is 0. The Balaban J connectivity index is 2.76. The molecular formula is C11H15ClN2O2. The maximum absolute atomic E-state index is 10.8. The van der Waals surface area contributed by atoms with Crippen molar-refractivity contribution in [2.45, 2.75) is 20.3 Å². The minimum atomic E-state index is -0.409. The van der Waals surface area contributed by atoms with Crippen LogP contribution in [0.2, 0.25) is 5.02 Å². The van der Waals surface area contributed by atoms with E-state index in [4.69, 9.17) is 11.6 Å². The van der Waals surface area contributed by atoms with E-state index in [-0.39, 0.29) is 5.69 Å². The Morgan fingerprint density at radius 3 is 2.75 bits per heavy atom. The second-order valence-corrected chi connectivity index (χ2v) is 4.46. The lowest BCUT2D eigenvalue weighted by atomic mass is 10.1. The highest BCUT2D eigenvalue weighted by atomic mass is 35.5. The van der Waals surface area contributed by atoms with Gasteiger partial charge in [-0.2, -0.15) is 0 Å². The lowest BCUT2D eigenvalue weighted by Gasteiger charge is -2.08. The van der Waals surface area contributed by atoms with Gasteiger partial charge in [0, 0.05) is 17.6 Å². The lowest BCUT2D eigenvalue weighted by Crippen LogP contribution is -2.06. The van der Waals surface area contributed by atoms with E-state index < -0.39 is 4.92 Å². The van der Waals surface area contributed by atoms with Gasteiger partial charge in [-0.1, -0.05) is 25.4 Å². The molecule has 1 aromatic carbocycles. The maximum Gasteiger partial charge on any atom is 0.292 e. The molecule has 0 bridgehead atoms. The van der Waals surface area contributed by atoms with E-state index in [2.05, 4.69) is 19.2 Å². The Morgan fingerprint density at radius 1 is 1.50 bits per heavy atom. The molecule has 1 N–H and O–H groups in total. The molecule has 4 nitrogen and oxygen atoms in total. The Bertz CT molecular complexity index is 380. The van der Waals surface area contributed by atoms with Crippen LogP contribution in [0.1, 0.15) is 20.3 Å². The molecule has 88 valence electrons. The van der Waals surface area contributed by atoms with Crippen LogP contribution in [0.5, 0.6) is 0 Å². The van der Waals surface area contributed by atoms with E-state index in [9.17, 15) is 10.1 Å². The van der Waals surface area contributed by atoms with Gasteiger partial charge in [0.25, 0.3) is 5.69 Å². The van der Waals surface area contributed by atoms with Crippen LogP contribution in [0.4, 0.5) is 11.4 Å². The van der Waals surface area contributed by atoms with E-state index in [0.29, 0.717) is 23.2 Å². The second kappa shape index (κ2) is 5.70. The third-order valence-corrected chi connectivity index (χ3v) is 2.43. The highest BCUT2D eigenvalue weighted by Gasteiger charge is 2.13. The summed E-state index contributed by atoms with van der Waals surface area (Å²) in [5.41, 5.74) is 0.548. The molecule has 0 aliphatic rings. The molecule has 0 aliphatic heterocycles. The Morgan fingerprint density at radius 2 is 2.19 bits per heavy atom. The normalized spacial score (nSPS) is 10.5. The van der Waals surface area contributed by atoms with Crippen molar-refractivity contribution in [2.75, 3.05) is 11.9 Å². The summed E-state index contributed by atoms with van der Waals surface area (Å²) in [6.45, 7) is 4.92. The molecule has 1 rings (SSSR count). The number of nitro benzene ring substituents is 1. The summed E-state index contributed by atoms with van der Waals surface area (Å²) in [6.07, 6.45) is 0.962. The van der Waals surface area contributed by atoms with Crippen molar-refractivity contribution in [3.05, 3.63) is 33.3 Å². The SMILES string of the molecule is CC(C)CCNc1cc(Cl)ccc1[N+](=O)[O-]. The largest absolute Gasteiger partial charge is 0.379 e. The standard InChI is InChI=1S/C11H15ClN2O2/c1-8(2)5-6-13-10-7-9(12)3-4-11(10)14(15)16/h3-4,7-8,13H,5-6H2,1-2H3. The Labute approximate surface area is 99.8 Å². The number of benzene rings is 1. The molecule has 0 aliphatic carbocycles. The minimum absolute atomic E-state index is 0.0631. The molecule has 0 amide bonds. The molecule has 0 heterocycles. The zero-order valence-corrected chi connectivity index (χ0v) is 10.1. The van der Waals surface area contributed by atoms with Crippen LogP contribution >= 0.6 is 11.6 Å². The summed E-state index contributed by atoms with van der Waals surface area (Å²) in [5.74, 6) is 0.561. The fraction of sp³-hybridized carbons (Fsp3) is 0.455. The third kappa shape index (κ3) is 3.70. The maximum atomic E-state index is 10.8. The Hall–Kier alpha value is -1.29. The highest BCUT2D eigenvalue weighted by molar-refractivity contribution is 6.31. The van der Waals surface area contributed by atoms with Gasteiger partial charge in [-0.3, -0.25) is 10.1 Å². The number of hydrogen-bond donors (Lipinski definition) is 1. The highest BCUT2D eigenvalue weighted by Crippen LogP contribution is 2.27. The zero-order valence-electron chi connectivity index (χ0n) is 9.37. The number of hydrogen-bond acceptors (Lipinski definition) is 3. The monoisotopic (exact) mass is 242 g/mol. The molecule has 0 fully saturated rings. The summed E-state index contributed by atoms with van der Waals surface area (Å²) in [6, 6.07) is 4.52. The van der Waals surface area contributed by atoms with Crippen molar-refractivity contribution in [1.82, 2.24) is 0 Å². The molecule has 5 heteroatoms. The summed E-state index contributed by atoms with van der Waals surface area (Å²) >= 11 is 5.80. The van der Waals surface area contributed by atoms with Gasteiger partial charge in [-0.15, -0.1) is 0 Å². The first-order valence-electron chi connectivity index (χ1n) is 5.18. The van der Waals surface area contributed by atoms with Crippen molar-refractivity contribution in [3.63, 3.8) is 0 Å². The number of nitrogens with zero attached hydrogens (tertiary/aromatic N) is 1. The molecule has 0 unspecified atom stereocenters. The van der Waals surface area contributed by atoms with Crippen LogP contribution < -0.4 is 5.32 Å². The summed E-state index contributed by atoms with van der Waals surface area (Å²) < 4.78 is 0. The number of nitro groups is 1. The van der Waals surface area contributed by atoms with Crippen LogP contribution in [0.3, 0.4) is 0 Å². The number of halogens is 1. The quantitative estimate of drug-likeness (QED) is 0.633. The molecule has 0 spiro atoms. The van der Waals surface area contributed by atoms with Crippen molar-refractivity contribution in [1.29, 1.82) is 0 Å². The van der Waals surface area contributed by atoms with Crippen molar-refractivity contribution >= 4 is 23.0 Å². The van der Waals surface area contributed by atoms with Gasteiger partial charge in [0.2, 0.25) is 0 Å². The first kappa shape index (κ1) is 12.8. The van der Waals surface area contributed by atoms with Crippen LogP contribution in [-0.4, -0.2) is 11.5 Å². The van der Waals surface area contributed by atoms with Crippen LogP contribution in [0, 0.1) is 16.0 Å². The molecule has 0 saturated heterocycles. The van der Waals surface area contributed by atoms with Crippen molar-refractivity contribution in [2.24, 2.45) is 5.92 Å². The summed E-state index contributed by atoms with van der Waals surface area (Å²) in [4.78, 5) is 10.3. The van der Waals surface area contributed by atoms with E-state index in [0.717, 1.165) is 6.42 Å².